The summed E-state index contributed by atoms with van der Waals surface area (Å²) < 4.78 is 12.4. The van der Waals surface area contributed by atoms with E-state index in [2.05, 4.69) is 61.9 Å². The van der Waals surface area contributed by atoms with Gasteiger partial charge in [0.15, 0.2) is 11.5 Å². The van der Waals surface area contributed by atoms with E-state index in [4.69, 9.17) is 32.7 Å². The molecule has 3 nitrogen and oxygen atoms in total. The number of hydrogen-bond donors (Lipinski definition) is 1. The molecule has 0 saturated carbocycles. The van der Waals surface area contributed by atoms with Crippen LogP contribution < -0.4 is 14.8 Å². The lowest BCUT2D eigenvalue weighted by Gasteiger charge is -2.33. The highest BCUT2D eigenvalue weighted by Gasteiger charge is 2.25. The first-order valence-electron chi connectivity index (χ1n) is 9.58. The summed E-state index contributed by atoms with van der Waals surface area (Å²) in [6, 6.07) is 9.54. The average molecular weight is 503 g/mol. The Bertz CT molecular complexity index is 848. The second kappa shape index (κ2) is 9.91. The zero-order valence-electron chi connectivity index (χ0n) is 18.0. The number of halogens is 3. The molecule has 160 valence electrons. The fourth-order valence-electron chi connectivity index (χ4n) is 3.53. The summed E-state index contributed by atoms with van der Waals surface area (Å²) in [5.74, 6) is 1.35. The molecule has 0 unspecified atom stereocenters. The fourth-order valence-corrected chi connectivity index (χ4v) is 4.45. The van der Waals surface area contributed by atoms with Crippen LogP contribution in [0.1, 0.15) is 52.2 Å². The smallest absolute Gasteiger partial charge is 0.175 e. The van der Waals surface area contributed by atoms with Gasteiger partial charge in [-0.05, 0) is 77.0 Å². The van der Waals surface area contributed by atoms with Crippen LogP contribution in [0.15, 0.2) is 34.8 Å². The summed E-state index contributed by atoms with van der Waals surface area (Å²) in [7, 11) is 1.65. The molecule has 0 bridgehead atoms. The van der Waals surface area contributed by atoms with Gasteiger partial charge < -0.3 is 14.8 Å². The molecule has 0 aliphatic heterocycles. The highest BCUT2D eigenvalue weighted by atomic mass is 79.9. The Morgan fingerprint density at radius 2 is 1.66 bits per heavy atom. The molecule has 2 rings (SSSR count). The van der Waals surface area contributed by atoms with Crippen molar-refractivity contribution in [1.29, 1.82) is 0 Å². The van der Waals surface area contributed by atoms with Crippen molar-refractivity contribution in [1.82, 2.24) is 5.32 Å². The summed E-state index contributed by atoms with van der Waals surface area (Å²) in [6.07, 6.45) is 1.07. The second-order valence-corrected chi connectivity index (χ2v) is 10.8. The van der Waals surface area contributed by atoms with Crippen molar-refractivity contribution in [2.75, 3.05) is 7.11 Å². The van der Waals surface area contributed by atoms with Gasteiger partial charge in [-0.3, -0.25) is 0 Å². The fraction of sp³-hybridized carbons (Fsp3) is 0.478. The first-order chi connectivity index (χ1) is 13.4. The van der Waals surface area contributed by atoms with Crippen LogP contribution in [0.4, 0.5) is 0 Å². The van der Waals surface area contributed by atoms with E-state index < -0.39 is 0 Å². The molecule has 2 aromatic rings. The van der Waals surface area contributed by atoms with Gasteiger partial charge in [-0.2, -0.15) is 0 Å². The average Bonchev–Trinajstić information content (AvgIpc) is 2.59. The minimum absolute atomic E-state index is 0.0288. The molecule has 0 amide bonds. The van der Waals surface area contributed by atoms with Crippen LogP contribution >= 0.6 is 39.1 Å². The van der Waals surface area contributed by atoms with Crippen molar-refractivity contribution in [2.24, 2.45) is 5.41 Å². The predicted molar refractivity (Wildman–Crippen MR) is 126 cm³/mol. The van der Waals surface area contributed by atoms with Gasteiger partial charge in [0.25, 0.3) is 0 Å². The molecule has 1 N–H and O–H groups in total. The van der Waals surface area contributed by atoms with Crippen molar-refractivity contribution in [3.63, 3.8) is 0 Å². The Labute approximate surface area is 193 Å². The van der Waals surface area contributed by atoms with Crippen LogP contribution in [0, 0.1) is 5.41 Å². The molecule has 0 heterocycles. The lowest BCUT2D eigenvalue weighted by Crippen LogP contribution is -2.41. The standard InChI is InChI=1S/C23H30BrCl2NO2/c1-22(2,3)14-23(4,5)27-12-16-9-17(24)21(20(11-16)28-6)29-13-15-7-8-18(25)19(26)10-15/h7-11,27H,12-14H2,1-6H3. The van der Waals surface area contributed by atoms with Crippen LogP contribution in [0.2, 0.25) is 10.0 Å². The number of nitrogens with one attached hydrogen (secondary N) is 1. The van der Waals surface area contributed by atoms with E-state index in [1.807, 2.05) is 12.1 Å². The molecule has 0 spiro atoms. The van der Waals surface area contributed by atoms with Gasteiger partial charge in [-0.15, -0.1) is 0 Å². The van der Waals surface area contributed by atoms with Gasteiger partial charge in [0, 0.05) is 12.1 Å². The summed E-state index contributed by atoms with van der Waals surface area (Å²) >= 11 is 15.7. The van der Waals surface area contributed by atoms with Crippen molar-refractivity contribution < 1.29 is 9.47 Å². The maximum Gasteiger partial charge on any atom is 0.175 e. The lowest BCUT2D eigenvalue weighted by molar-refractivity contribution is 0.240. The molecular weight excluding hydrogens is 473 g/mol. The van der Waals surface area contributed by atoms with Gasteiger partial charge in [0.2, 0.25) is 0 Å². The maximum atomic E-state index is 6.09. The van der Waals surface area contributed by atoms with Crippen molar-refractivity contribution in [3.8, 4) is 11.5 Å². The Kier molecular flexibility index (Phi) is 8.32. The molecule has 0 atom stereocenters. The van der Waals surface area contributed by atoms with Gasteiger partial charge in [-0.1, -0.05) is 50.0 Å². The number of ether oxygens (including phenoxy) is 2. The number of methoxy groups -OCH3 is 1. The first kappa shape index (κ1) is 24.3. The van der Waals surface area contributed by atoms with E-state index >= 15 is 0 Å². The van der Waals surface area contributed by atoms with Crippen molar-refractivity contribution in [3.05, 3.63) is 56.0 Å². The van der Waals surface area contributed by atoms with Crippen LogP contribution in [0.5, 0.6) is 11.5 Å². The molecule has 0 saturated heterocycles. The largest absolute Gasteiger partial charge is 0.493 e. The van der Waals surface area contributed by atoms with E-state index in [-0.39, 0.29) is 11.0 Å². The highest BCUT2D eigenvalue weighted by molar-refractivity contribution is 9.10. The zero-order valence-corrected chi connectivity index (χ0v) is 21.1. The number of rotatable bonds is 8. The van der Waals surface area contributed by atoms with Gasteiger partial charge in [0.05, 0.1) is 21.6 Å². The Morgan fingerprint density at radius 1 is 0.966 bits per heavy atom. The Morgan fingerprint density at radius 3 is 2.24 bits per heavy atom. The van der Waals surface area contributed by atoms with E-state index in [0.717, 1.165) is 28.6 Å². The molecular formula is C23H30BrCl2NO2. The summed E-state index contributed by atoms with van der Waals surface area (Å²) in [6.45, 7) is 12.4. The third-order valence-corrected chi connectivity index (χ3v) is 5.73. The zero-order chi connectivity index (χ0) is 21.8. The van der Waals surface area contributed by atoms with Crippen molar-refractivity contribution >= 4 is 39.1 Å². The van der Waals surface area contributed by atoms with Crippen molar-refractivity contribution in [2.45, 2.75) is 59.7 Å². The van der Waals surface area contributed by atoms with Gasteiger partial charge >= 0.3 is 0 Å². The van der Waals surface area contributed by atoms with Crippen LogP contribution in [-0.2, 0) is 13.2 Å². The van der Waals surface area contributed by atoms with Gasteiger partial charge in [-0.25, -0.2) is 0 Å². The molecule has 0 aliphatic carbocycles. The van der Waals surface area contributed by atoms with Gasteiger partial charge in [0.1, 0.15) is 6.61 Å². The topological polar surface area (TPSA) is 30.5 Å². The highest BCUT2D eigenvalue weighted by Crippen LogP contribution is 2.38. The Hall–Kier alpha value is -0.940. The molecule has 0 fully saturated rings. The summed E-state index contributed by atoms with van der Waals surface area (Å²) in [5.41, 5.74) is 2.35. The SMILES string of the molecule is COc1cc(CNC(C)(C)CC(C)(C)C)cc(Br)c1OCc1ccc(Cl)c(Cl)c1. The van der Waals surface area contributed by atoms with E-state index in [9.17, 15) is 0 Å². The second-order valence-electron chi connectivity index (χ2n) is 9.12. The predicted octanol–water partition coefficient (Wildman–Crippen LogP) is 7.65. The quantitative estimate of drug-likeness (QED) is 0.402. The van der Waals surface area contributed by atoms with E-state index in [1.54, 1.807) is 19.2 Å². The maximum absolute atomic E-state index is 6.09. The molecule has 6 heteroatoms. The molecule has 29 heavy (non-hydrogen) atoms. The van der Waals surface area contributed by atoms with E-state index in [0.29, 0.717) is 28.2 Å². The monoisotopic (exact) mass is 501 g/mol. The third kappa shape index (κ3) is 7.67. The van der Waals surface area contributed by atoms with Crippen LogP contribution in [0.3, 0.4) is 0 Å². The number of benzene rings is 2. The lowest BCUT2D eigenvalue weighted by atomic mass is 9.82. The normalized spacial score (nSPS) is 12.2. The molecule has 0 radical (unpaired) electrons. The summed E-state index contributed by atoms with van der Waals surface area (Å²) in [5, 5.41) is 4.70. The minimum atomic E-state index is 0.0288. The molecule has 0 aliphatic rings. The third-order valence-electron chi connectivity index (χ3n) is 4.40. The van der Waals surface area contributed by atoms with E-state index in [1.165, 1.54) is 0 Å². The Balaban J connectivity index is 2.11. The summed E-state index contributed by atoms with van der Waals surface area (Å²) in [4.78, 5) is 0. The van der Waals surface area contributed by atoms with Crippen LogP contribution in [-0.4, -0.2) is 12.6 Å². The molecule has 0 aromatic heterocycles. The first-order valence-corrected chi connectivity index (χ1v) is 11.1. The number of hydrogen-bond acceptors (Lipinski definition) is 3. The minimum Gasteiger partial charge on any atom is -0.493 e. The van der Waals surface area contributed by atoms with Crippen LogP contribution in [0.25, 0.3) is 0 Å². The molecule has 2 aromatic carbocycles.